The molecule has 1 aromatic carbocycles. The molecule has 0 spiro atoms. The van der Waals surface area contributed by atoms with Crippen LogP contribution in [0.3, 0.4) is 0 Å². The maximum absolute atomic E-state index is 10.6. The topological polar surface area (TPSA) is 52.4 Å². The highest BCUT2D eigenvalue weighted by Crippen LogP contribution is 2.30. The summed E-state index contributed by atoms with van der Waals surface area (Å²) in [5.74, 6) is 0. The van der Waals surface area contributed by atoms with Crippen LogP contribution in [0.4, 0.5) is 11.4 Å². The number of nitro benzene ring substituents is 1. The summed E-state index contributed by atoms with van der Waals surface area (Å²) in [7, 11) is 1.76. The van der Waals surface area contributed by atoms with Crippen molar-refractivity contribution in [1.29, 1.82) is 0 Å². The predicted octanol–water partition coefficient (Wildman–Crippen LogP) is 2.64. The number of aryl methyl sites for hydroxylation is 1. The molecule has 74 valence electrons. The third-order valence-electron chi connectivity index (χ3n) is 2.28. The Bertz CT molecular complexity index is 592. The van der Waals surface area contributed by atoms with Gasteiger partial charge in [-0.05, 0) is 0 Å². The molecule has 0 saturated heterocycles. The molecule has 1 aromatic heterocycles. The second kappa shape index (κ2) is 3.10. The highest BCUT2D eigenvalue weighted by molar-refractivity contribution is 5.94. The second-order valence-corrected chi connectivity index (χ2v) is 3.20. The van der Waals surface area contributed by atoms with E-state index in [-0.39, 0.29) is 5.69 Å². The Morgan fingerprint density at radius 2 is 2.27 bits per heavy atom. The van der Waals surface area contributed by atoms with Crippen molar-refractivity contribution in [2.24, 2.45) is 7.05 Å². The zero-order valence-electron chi connectivity index (χ0n) is 7.97. The van der Waals surface area contributed by atoms with E-state index in [1.54, 1.807) is 23.9 Å². The van der Waals surface area contributed by atoms with Crippen LogP contribution in [0.5, 0.6) is 0 Å². The Kier molecular flexibility index (Phi) is 1.90. The zero-order valence-corrected chi connectivity index (χ0v) is 7.97. The number of rotatable bonds is 1. The van der Waals surface area contributed by atoms with Gasteiger partial charge >= 0.3 is 0 Å². The molecule has 5 heteroatoms. The first-order valence-corrected chi connectivity index (χ1v) is 4.24. The van der Waals surface area contributed by atoms with Crippen LogP contribution < -0.4 is 0 Å². The minimum atomic E-state index is -0.441. The van der Waals surface area contributed by atoms with Gasteiger partial charge in [0.05, 0.1) is 11.5 Å². The van der Waals surface area contributed by atoms with E-state index in [0.29, 0.717) is 11.2 Å². The zero-order chi connectivity index (χ0) is 11.0. The lowest BCUT2D eigenvalue weighted by molar-refractivity contribution is -0.384. The smallest absolute Gasteiger partial charge is 0.271 e. The molecule has 0 N–H and O–H groups in total. The number of nitro groups is 1. The molecule has 5 nitrogen and oxygen atoms in total. The fourth-order valence-corrected chi connectivity index (χ4v) is 1.55. The molecule has 0 amide bonds. The Morgan fingerprint density at radius 3 is 2.87 bits per heavy atom. The van der Waals surface area contributed by atoms with Gasteiger partial charge in [0, 0.05) is 36.3 Å². The maximum atomic E-state index is 10.6. The van der Waals surface area contributed by atoms with E-state index in [9.17, 15) is 10.1 Å². The first-order valence-electron chi connectivity index (χ1n) is 4.24. The molecule has 0 aliphatic carbocycles. The van der Waals surface area contributed by atoms with Crippen LogP contribution in [0.25, 0.3) is 15.7 Å². The van der Waals surface area contributed by atoms with Crippen LogP contribution in [-0.2, 0) is 7.05 Å². The summed E-state index contributed by atoms with van der Waals surface area (Å²) in [6.45, 7) is 6.96. The summed E-state index contributed by atoms with van der Waals surface area (Å²) in [4.78, 5) is 13.5. The summed E-state index contributed by atoms with van der Waals surface area (Å²) in [6.07, 6.45) is 1.67. The molecule has 0 radical (unpaired) electrons. The van der Waals surface area contributed by atoms with E-state index in [1.807, 2.05) is 0 Å². The first kappa shape index (κ1) is 9.21. The Morgan fingerprint density at radius 1 is 1.53 bits per heavy atom. The van der Waals surface area contributed by atoms with Gasteiger partial charge in [0.15, 0.2) is 0 Å². The molecule has 2 rings (SSSR count). The number of benzene rings is 1. The first-order chi connectivity index (χ1) is 7.13. The molecule has 0 fully saturated rings. The number of fused-ring (bicyclic) bond motifs is 1. The van der Waals surface area contributed by atoms with Gasteiger partial charge in [0.1, 0.15) is 0 Å². The summed E-state index contributed by atoms with van der Waals surface area (Å²) in [5.41, 5.74) is 1.26. The van der Waals surface area contributed by atoms with Crippen molar-refractivity contribution < 1.29 is 4.92 Å². The Balaban J connectivity index is 2.79. The van der Waals surface area contributed by atoms with Crippen LogP contribution >= 0.6 is 0 Å². The monoisotopic (exact) mass is 201 g/mol. The molecule has 0 atom stereocenters. The largest absolute Gasteiger partial charge is 0.361 e. The van der Waals surface area contributed by atoms with E-state index in [0.717, 1.165) is 5.39 Å². The van der Waals surface area contributed by atoms with Gasteiger partial charge in [0.2, 0.25) is 5.69 Å². The van der Waals surface area contributed by atoms with Crippen LogP contribution in [0, 0.1) is 16.7 Å². The van der Waals surface area contributed by atoms with Crippen molar-refractivity contribution in [3.05, 3.63) is 45.9 Å². The third kappa shape index (κ3) is 1.32. The van der Waals surface area contributed by atoms with E-state index < -0.39 is 4.92 Å². The lowest BCUT2D eigenvalue weighted by Crippen LogP contribution is -1.89. The lowest BCUT2D eigenvalue weighted by atomic mass is 10.2. The van der Waals surface area contributed by atoms with Crippen molar-refractivity contribution in [2.45, 2.75) is 0 Å². The summed E-state index contributed by atoms with van der Waals surface area (Å²) >= 11 is 0. The number of non-ortho nitro benzene ring substituents is 1. The molecule has 1 heterocycles. The fraction of sp³-hybridized carbons (Fsp3) is 0.100. The van der Waals surface area contributed by atoms with Gasteiger partial charge in [-0.2, -0.15) is 0 Å². The van der Waals surface area contributed by atoms with Crippen molar-refractivity contribution in [1.82, 2.24) is 4.57 Å². The summed E-state index contributed by atoms with van der Waals surface area (Å²) in [6, 6.07) is 4.50. The number of hydrogen-bond acceptors (Lipinski definition) is 2. The lowest BCUT2D eigenvalue weighted by Gasteiger charge is -1.96. The molecule has 0 saturated carbocycles. The molecule has 0 aliphatic rings. The Hall–Kier alpha value is -2.35. The van der Waals surface area contributed by atoms with E-state index in [1.165, 1.54) is 12.1 Å². The fourth-order valence-electron chi connectivity index (χ4n) is 1.55. The maximum Gasteiger partial charge on any atom is 0.271 e. The van der Waals surface area contributed by atoms with E-state index >= 15 is 0 Å². The van der Waals surface area contributed by atoms with Crippen molar-refractivity contribution in [3.8, 4) is 0 Å². The highest BCUT2D eigenvalue weighted by Gasteiger charge is 2.11. The molecule has 15 heavy (non-hydrogen) atoms. The minimum Gasteiger partial charge on any atom is -0.361 e. The van der Waals surface area contributed by atoms with E-state index in [4.69, 9.17) is 6.57 Å². The van der Waals surface area contributed by atoms with Gasteiger partial charge < -0.3 is 4.57 Å². The van der Waals surface area contributed by atoms with Gasteiger partial charge in [-0.1, -0.05) is 6.07 Å². The van der Waals surface area contributed by atoms with Crippen molar-refractivity contribution in [3.63, 3.8) is 0 Å². The summed E-state index contributed by atoms with van der Waals surface area (Å²) < 4.78 is 1.72. The minimum absolute atomic E-state index is 0.0419. The normalized spacial score (nSPS) is 10.1. The average Bonchev–Trinajstić information content (AvgIpc) is 2.55. The summed E-state index contributed by atoms with van der Waals surface area (Å²) in [5, 5.41) is 11.3. The van der Waals surface area contributed by atoms with Gasteiger partial charge in [-0.25, -0.2) is 4.85 Å². The molecular weight excluding hydrogens is 194 g/mol. The number of hydrogen-bond donors (Lipinski definition) is 0. The van der Waals surface area contributed by atoms with Gasteiger partial charge in [0.25, 0.3) is 5.69 Å². The SMILES string of the molecule is [C-]#[N+]c1cn(C)c2cc([N+](=O)[O-])ccc12. The molecular formula is C10H7N3O2. The second-order valence-electron chi connectivity index (χ2n) is 3.20. The third-order valence-corrected chi connectivity index (χ3v) is 2.28. The highest BCUT2D eigenvalue weighted by atomic mass is 16.6. The van der Waals surface area contributed by atoms with Gasteiger partial charge in [-0.3, -0.25) is 10.1 Å². The Labute approximate surface area is 85.5 Å². The van der Waals surface area contributed by atoms with Crippen LogP contribution in [-0.4, -0.2) is 9.49 Å². The molecule has 0 unspecified atom stereocenters. The molecule has 0 aliphatic heterocycles. The van der Waals surface area contributed by atoms with Crippen molar-refractivity contribution in [2.75, 3.05) is 0 Å². The van der Waals surface area contributed by atoms with Crippen LogP contribution in [0.1, 0.15) is 0 Å². The van der Waals surface area contributed by atoms with Crippen LogP contribution in [0.15, 0.2) is 24.4 Å². The average molecular weight is 201 g/mol. The standard InChI is InChI=1S/C10H7N3O2/c1-11-9-6-12(2)10-5-7(13(14)15)3-4-8(9)10/h3-6H,2H3. The molecule has 2 aromatic rings. The number of nitrogens with zero attached hydrogens (tertiary/aromatic N) is 3. The van der Waals surface area contributed by atoms with Gasteiger partial charge in [-0.15, -0.1) is 0 Å². The predicted molar refractivity (Wildman–Crippen MR) is 55.8 cm³/mol. The molecule has 0 bridgehead atoms. The number of aromatic nitrogens is 1. The quantitative estimate of drug-likeness (QED) is 0.404. The van der Waals surface area contributed by atoms with Crippen LogP contribution in [0.2, 0.25) is 0 Å². The van der Waals surface area contributed by atoms with E-state index in [2.05, 4.69) is 4.85 Å². The van der Waals surface area contributed by atoms with Crippen molar-refractivity contribution >= 4 is 22.3 Å².